The maximum atomic E-state index is 6.07. The summed E-state index contributed by atoms with van der Waals surface area (Å²) in [6.45, 7) is 4.17. The van der Waals surface area contributed by atoms with Gasteiger partial charge >= 0.3 is 0 Å². The molecule has 3 nitrogen and oxygen atoms in total. The van der Waals surface area contributed by atoms with Crippen LogP contribution in [0.4, 0.5) is 5.69 Å². The van der Waals surface area contributed by atoms with Crippen LogP contribution in [0.2, 0.25) is 0 Å². The van der Waals surface area contributed by atoms with Gasteiger partial charge in [0.1, 0.15) is 0 Å². The Balaban J connectivity index is 2.19. The molecule has 1 aromatic carbocycles. The highest BCUT2D eigenvalue weighted by Crippen LogP contribution is 2.20. The molecule has 18 heavy (non-hydrogen) atoms. The average Bonchev–Trinajstić information content (AvgIpc) is 2.36. The van der Waals surface area contributed by atoms with Crippen LogP contribution in [0, 0.1) is 0 Å². The summed E-state index contributed by atoms with van der Waals surface area (Å²) in [6.07, 6.45) is 2.44. The van der Waals surface area contributed by atoms with E-state index in [-0.39, 0.29) is 0 Å². The van der Waals surface area contributed by atoms with Crippen LogP contribution in [0.15, 0.2) is 30.3 Å². The quantitative estimate of drug-likeness (QED) is 0.877. The molecule has 0 radical (unpaired) electrons. The molecule has 0 aliphatic carbocycles. The monoisotopic (exact) mass is 243 g/mol. The van der Waals surface area contributed by atoms with E-state index < -0.39 is 0 Å². The summed E-state index contributed by atoms with van der Waals surface area (Å²) in [7, 11) is 2.13. The van der Waals surface area contributed by atoms with Gasteiger partial charge in [0.2, 0.25) is 0 Å². The van der Waals surface area contributed by atoms with Crippen molar-refractivity contribution in [1.82, 2.24) is 9.88 Å². The van der Waals surface area contributed by atoms with Gasteiger partial charge in [-0.2, -0.15) is 0 Å². The molecule has 1 aromatic heterocycles. The van der Waals surface area contributed by atoms with Gasteiger partial charge in [0, 0.05) is 17.6 Å². The van der Waals surface area contributed by atoms with Crippen LogP contribution in [-0.2, 0) is 6.54 Å². The van der Waals surface area contributed by atoms with Gasteiger partial charge in [-0.1, -0.05) is 31.5 Å². The lowest BCUT2D eigenvalue weighted by Crippen LogP contribution is -2.19. The third-order valence-electron chi connectivity index (χ3n) is 3.13. The van der Waals surface area contributed by atoms with Crippen LogP contribution in [0.5, 0.6) is 0 Å². The van der Waals surface area contributed by atoms with Gasteiger partial charge in [-0.05, 0) is 32.1 Å². The predicted octanol–water partition coefficient (Wildman–Crippen LogP) is 3.05. The average molecular weight is 243 g/mol. The van der Waals surface area contributed by atoms with Gasteiger partial charge in [-0.3, -0.25) is 4.98 Å². The third-order valence-corrected chi connectivity index (χ3v) is 3.13. The molecule has 0 bridgehead atoms. The summed E-state index contributed by atoms with van der Waals surface area (Å²) in [5.41, 5.74) is 8.92. The van der Waals surface area contributed by atoms with E-state index in [1.54, 1.807) is 0 Å². The molecule has 0 fully saturated rings. The summed E-state index contributed by atoms with van der Waals surface area (Å²) < 4.78 is 0. The number of para-hydroxylation sites is 1. The highest BCUT2D eigenvalue weighted by Gasteiger charge is 2.05. The van der Waals surface area contributed by atoms with Crippen molar-refractivity contribution < 1.29 is 0 Å². The molecule has 0 aliphatic heterocycles. The first-order valence-electron chi connectivity index (χ1n) is 6.53. The van der Waals surface area contributed by atoms with E-state index >= 15 is 0 Å². The first-order valence-corrected chi connectivity index (χ1v) is 6.53. The molecule has 0 aliphatic rings. The normalized spacial score (nSPS) is 11.3. The van der Waals surface area contributed by atoms with Crippen LogP contribution < -0.4 is 5.73 Å². The fraction of sp³-hybridized carbons (Fsp3) is 0.400. The number of pyridine rings is 1. The topological polar surface area (TPSA) is 42.1 Å². The Morgan fingerprint density at radius 1 is 1.28 bits per heavy atom. The molecule has 1 heterocycles. The Bertz CT molecular complexity index is 522. The molecule has 0 spiro atoms. The second-order valence-corrected chi connectivity index (χ2v) is 4.81. The number of rotatable bonds is 5. The van der Waals surface area contributed by atoms with Crippen molar-refractivity contribution in [2.24, 2.45) is 0 Å². The molecule has 2 rings (SSSR count). The number of hydrogen-bond donors (Lipinski definition) is 1. The van der Waals surface area contributed by atoms with Gasteiger partial charge < -0.3 is 10.6 Å². The number of hydrogen-bond acceptors (Lipinski definition) is 3. The summed E-state index contributed by atoms with van der Waals surface area (Å²) in [5.74, 6) is 0. The highest BCUT2D eigenvalue weighted by atomic mass is 15.1. The van der Waals surface area contributed by atoms with E-state index in [1.165, 1.54) is 12.8 Å². The zero-order valence-corrected chi connectivity index (χ0v) is 11.2. The summed E-state index contributed by atoms with van der Waals surface area (Å²) in [5, 5.41) is 1.04. The van der Waals surface area contributed by atoms with Crippen molar-refractivity contribution in [2.45, 2.75) is 26.3 Å². The molecule has 96 valence electrons. The Kier molecular flexibility index (Phi) is 4.15. The van der Waals surface area contributed by atoms with E-state index in [0.29, 0.717) is 0 Å². The molecule has 0 saturated carbocycles. The molecule has 0 amide bonds. The maximum absolute atomic E-state index is 6.07. The van der Waals surface area contributed by atoms with Crippen molar-refractivity contribution in [3.8, 4) is 0 Å². The van der Waals surface area contributed by atoms with Crippen molar-refractivity contribution in [3.05, 3.63) is 36.0 Å². The number of fused-ring (bicyclic) bond motifs is 1. The minimum Gasteiger partial charge on any atom is -0.398 e. The van der Waals surface area contributed by atoms with Gasteiger partial charge in [-0.25, -0.2) is 0 Å². The first-order chi connectivity index (χ1) is 8.70. The minimum atomic E-state index is 0.819. The van der Waals surface area contributed by atoms with E-state index in [1.807, 2.05) is 30.3 Å². The van der Waals surface area contributed by atoms with Crippen LogP contribution in [0.3, 0.4) is 0 Å². The van der Waals surface area contributed by atoms with Crippen LogP contribution in [-0.4, -0.2) is 23.5 Å². The summed E-state index contributed by atoms with van der Waals surface area (Å²) >= 11 is 0. The zero-order valence-electron chi connectivity index (χ0n) is 11.2. The Morgan fingerprint density at radius 3 is 2.83 bits per heavy atom. The molecular formula is C15H21N3. The smallest absolute Gasteiger partial charge is 0.0726 e. The fourth-order valence-corrected chi connectivity index (χ4v) is 2.12. The number of anilines is 1. The summed E-state index contributed by atoms with van der Waals surface area (Å²) in [4.78, 5) is 6.95. The first kappa shape index (κ1) is 12.8. The molecule has 0 atom stereocenters. The second kappa shape index (κ2) is 5.83. The third kappa shape index (κ3) is 2.99. The lowest BCUT2D eigenvalue weighted by atomic mass is 10.1. The highest BCUT2D eigenvalue weighted by molar-refractivity contribution is 5.90. The number of unbranched alkanes of at least 4 members (excludes halogenated alkanes) is 1. The van der Waals surface area contributed by atoms with E-state index in [2.05, 4.69) is 23.9 Å². The molecule has 0 saturated heterocycles. The molecule has 2 N–H and O–H groups in total. The Hall–Kier alpha value is -1.61. The molecular weight excluding hydrogens is 222 g/mol. The second-order valence-electron chi connectivity index (χ2n) is 4.81. The molecule has 2 aromatic rings. The molecule has 0 unspecified atom stereocenters. The number of aromatic nitrogens is 1. The van der Waals surface area contributed by atoms with Crippen molar-refractivity contribution in [3.63, 3.8) is 0 Å². The largest absolute Gasteiger partial charge is 0.398 e. The number of benzene rings is 1. The van der Waals surface area contributed by atoms with Gasteiger partial charge in [0.25, 0.3) is 0 Å². The maximum Gasteiger partial charge on any atom is 0.0726 e. The van der Waals surface area contributed by atoms with Crippen molar-refractivity contribution in [2.75, 3.05) is 19.3 Å². The lowest BCUT2D eigenvalue weighted by molar-refractivity contribution is 0.317. The lowest BCUT2D eigenvalue weighted by Gasteiger charge is -2.16. The van der Waals surface area contributed by atoms with E-state index in [9.17, 15) is 0 Å². The van der Waals surface area contributed by atoms with Gasteiger partial charge in [-0.15, -0.1) is 0 Å². The van der Waals surface area contributed by atoms with Crippen LogP contribution >= 0.6 is 0 Å². The zero-order chi connectivity index (χ0) is 13.0. The number of nitrogens with zero attached hydrogens (tertiary/aromatic N) is 2. The molecule has 3 heteroatoms. The van der Waals surface area contributed by atoms with E-state index in [4.69, 9.17) is 5.73 Å². The van der Waals surface area contributed by atoms with Gasteiger partial charge in [0.15, 0.2) is 0 Å². The van der Waals surface area contributed by atoms with Gasteiger partial charge in [0.05, 0.1) is 11.2 Å². The predicted molar refractivity (Wildman–Crippen MR) is 77.4 cm³/mol. The van der Waals surface area contributed by atoms with Crippen molar-refractivity contribution in [1.29, 1.82) is 0 Å². The van der Waals surface area contributed by atoms with Crippen LogP contribution in [0.1, 0.15) is 25.5 Å². The van der Waals surface area contributed by atoms with Crippen LogP contribution in [0.25, 0.3) is 10.9 Å². The standard InChI is InChI=1S/C15H21N3/c1-3-4-9-18(2)11-12-10-14(16)13-7-5-6-8-15(13)17-12/h5-8,10H,3-4,9,11H2,1-2H3,(H2,16,17). The number of nitrogens with two attached hydrogens (primary N) is 1. The Morgan fingerprint density at radius 2 is 2.06 bits per heavy atom. The SMILES string of the molecule is CCCCN(C)Cc1cc(N)c2ccccc2n1. The van der Waals surface area contributed by atoms with Crippen molar-refractivity contribution >= 4 is 16.6 Å². The fourth-order valence-electron chi connectivity index (χ4n) is 2.12. The summed E-state index contributed by atoms with van der Waals surface area (Å²) in [6, 6.07) is 10.0. The van der Waals surface area contributed by atoms with E-state index in [0.717, 1.165) is 35.4 Å². The number of nitrogen functional groups attached to an aromatic ring is 1. The minimum absolute atomic E-state index is 0.819. The Labute approximate surface area is 109 Å².